The van der Waals surface area contributed by atoms with Crippen molar-refractivity contribution in [2.75, 3.05) is 18.8 Å². The predicted octanol–water partition coefficient (Wildman–Crippen LogP) is 5.86. The fourth-order valence-electron chi connectivity index (χ4n) is 4.59. The van der Waals surface area contributed by atoms with Crippen LogP contribution in [0.1, 0.15) is 23.9 Å². The molecule has 0 saturated carbocycles. The van der Waals surface area contributed by atoms with Gasteiger partial charge in [0.2, 0.25) is 12.7 Å². The molecule has 0 radical (unpaired) electrons. The molecule has 1 aliphatic rings. The minimum atomic E-state index is -0.225. The number of benzene rings is 3. The maximum atomic E-state index is 13.5. The van der Waals surface area contributed by atoms with E-state index in [0.717, 1.165) is 45.5 Å². The van der Waals surface area contributed by atoms with E-state index >= 15 is 0 Å². The smallest absolute Gasteiger partial charge is 0.231 e. The van der Waals surface area contributed by atoms with Crippen molar-refractivity contribution >= 4 is 39.7 Å². The summed E-state index contributed by atoms with van der Waals surface area (Å²) in [4.78, 5) is 21.6. The zero-order chi connectivity index (χ0) is 24.5. The van der Waals surface area contributed by atoms with Crippen molar-refractivity contribution in [2.45, 2.75) is 18.9 Å². The zero-order valence-electron chi connectivity index (χ0n) is 19.7. The molecule has 1 amide bonds. The second-order valence-electron chi connectivity index (χ2n) is 8.69. The lowest BCUT2D eigenvalue weighted by Gasteiger charge is -2.16. The molecular weight excluding hydrogens is 474 g/mol. The van der Waals surface area contributed by atoms with Crippen LogP contribution in [0.4, 0.5) is 0 Å². The third-order valence-corrected chi connectivity index (χ3v) is 6.99. The van der Waals surface area contributed by atoms with E-state index in [9.17, 15) is 4.79 Å². The Morgan fingerprint density at radius 2 is 1.86 bits per heavy atom. The number of thioether (sulfide) groups is 1. The van der Waals surface area contributed by atoms with E-state index < -0.39 is 0 Å². The average molecular weight is 500 g/mol. The molecule has 182 valence electrons. The van der Waals surface area contributed by atoms with Crippen LogP contribution in [-0.4, -0.2) is 34.7 Å². The molecule has 7 nitrogen and oxygen atoms in total. The molecule has 3 heterocycles. The number of furan rings is 1. The van der Waals surface area contributed by atoms with E-state index in [1.165, 1.54) is 0 Å². The second kappa shape index (κ2) is 9.62. The van der Waals surface area contributed by atoms with Crippen molar-refractivity contribution in [3.05, 3.63) is 78.1 Å². The summed E-state index contributed by atoms with van der Waals surface area (Å²) in [5.41, 5.74) is 4.24. The molecule has 0 saturated heterocycles. The second-order valence-corrected chi connectivity index (χ2v) is 9.68. The van der Waals surface area contributed by atoms with E-state index in [2.05, 4.69) is 16.6 Å². The molecule has 1 atom stereocenters. The Balaban J connectivity index is 1.34. The van der Waals surface area contributed by atoms with Crippen LogP contribution >= 0.6 is 11.8 Å². The van der Waals surface area contributed by atoms with Crippen molar-refractivity contribution in [2.24, 2.45) is 0 Å². The number of nitrogens with one attached hydrogen (secondary N) is 2. The number of aromatic amines is 1. The number of aromatic nitrogens is 2. The zero-order valence-corrected chi connectivity index (χ0v) is 20.6. The lowest BCUT2D eigenvalue weighted by Crippen LogP contribution is -2.31. The molecule has 2 N–H and O–H groups in total. The number of para-hydroxylation sites is 2. The number of fused-ring (bicyclic) bond motifs is 3. The molecule has 3 aromatic carbocycles. The SMILES string of the molecule is CSCC[C@H](NC(=O)Cc1c(-c2ccccc2)oc2cc3c(cc12)OCO3)c1nc2ccccc2[nH]1. The van der Waals surface area contributed by atoms with Crippen LogP contribution < -0.4 is 14.8 Å². The van der Waals surface area contributed by atoms with Crippen molar-refractivity contribution in [3.63, 3.8) is 0 Å². The van der Waals surface area contributed by atoms with Crippen molar-refractivity contribution in [1.29, 1.82) is 0 Å². The van der Waals surface area contributed by atoms with Gasteiger partial charge in [0, 0.05) is 22.6 Å². The Morgan fingerprint density at radius 1 is 1.08 bits per heavy atom. The molecule has 1 aliphatic heterocycles. The molecule has 8 heteroatoms. The first kappa shape index (κ1) is 22.5. The number of rotatable bonds is 8. The van der Waals surface area contributed by atoms with E-state index in [-0.39, 0.29) is 25.2 Å². The first-order valence-electron chi connectivity index (χ1n) is 11.8. The van der Waals surface area contributed by atoms with Gasteiger partial charge < -0.3 is 24.2 Å². The van der Waals surface area contributed by atoms with E-state index in [0.29, 0.717) is 22.8 Å². The van der Waals surface area contributed by atoms with Gasteiger partial charge in [-0.1, -0.05) is 42.5 Å². The Kier molecular flexibility index (Phi) is 6.03. The first-order chi connectivity index (χ1) is 17.7. The normalized spacial score (nSPS) is 13.4. The molecule has 0 unspecified atom stereocenters. The van der Waals surface area contributed by atoms with Gasteiger partial charge in [0.1, 0.15) is 17.2 Å². The fraction of sp³-hybridized carbons (Fsp3) is 0.214. The van der Waals surface area contributed by atoms with Crippen LogP contribution in [0.3, 0.4) is 0 Å². The highest BCUT2D eigenvalue weighted by Crippen LogP contribution is 2.42. The van der Waals surface area contributed by atoms with Crippen LogP contribution in [0.15, 0.2) is 71.1 Å². The van der Waals surface area contributed by atoms with Gasteiger partial charge >= 0.3 is 0 Å². The van der Waals surface area contributed by atoms with Crippen molar-refractivity contribution < 1.29 is 18.7 Å². The summed E-state index contributed by atoms with van der Waals surface area (Å²) in [6, 6.07) is 21.2. The molecule has 6 rings (SSSR count). The quantitative estimate of drug-likeness (QED) is 0.278. The van der Waals surface area contributed by atoms with Gasteiger partial charge in [-0.15, -0.1) is 0 Å². The van der Waals surface area contributed by atoms with Gasteiger partial charge in [0.05, 0.1) is 23.5 Å². The maximum Gasteiger partial charge on any atom is 0.231 e. The minimum absolute atomic E-state index is 0.0980. The third-order valence-electron chi connectivity index (χ3n) is 6.34. The fourth-order valence-corrected chi connectivity index (χ4v) is 5.06. The summed E-state index contributed by atoms with van der Waals surface area (Å²) in [7, 11) is 0. The molecule has 0 spiro atoms. The topological polar surface area (TPSA) is 89.4 Å². The van der Waals surface area contributed by atoms with Gasteiger partial charge in [-0.2, -0.15) is 11.8 Å². The number of ether oxygens (including phenoxy) is 2. The van der Waals surface area contributed by atoms with Gasteiger partial charge in [-0.25, -0.2) is 4.98 Å². The Labute approximate surface area is 212 Å². The maximum absolute atomic E-state index is 13.5. The van der Waals surface area contributed by atoms with Crippen LogP contribution in [0.25, 0.3) is 33.3 Å². The highest BCUT2D eigenvalue weighted by atomic mass is 32.2. The van der Waals surface area contributed by atoms with Crippen LogP contribution in [0.2, 0.25) is 0 Å². The Bertz CT molecular complexity index is 1510. The van der Waals surface area contributed by atoms with Crippen molar-refractivity contribution in [1.82, 2.24) is 15.3 Å². The third kappa shape index (κ3) is 4.28. The summed E-state index contributed by atoms with van der Waals surface area (Å²) in [5.74, 6) is 3.55. The standard InChI is InChI=1S/C28H25N3O4S/c1-36-12-11-22(28-30-20-9-5-6-10-21(20)31-28)29-26(32)14-19-18-13-24-25(34-16-33-24)15-23(18)35-27(19)17-7-3-2-4-8-17/h2-10,13,15,22H,11-12,14,16H2,1H3,(H,29,32)(H,30,31)/t22-/m0/s1. The molecule has 2 aromatic heterocycles. The van der Waals surface area contributed by atoms with Gasteiger partial charge in [-0.3, -0.25) is 4.79 Å². The summed E-state index contributed by atoms with van der Waals surface area (Å²) in [5, 5.41) is 4.06. The minimum Gasteiger partial charge on any atom is -0.456 e. The van der Waals surface area contributed by atoms with Gasteiger partial charge in [0.25, 0.3) is 0 Å². The summed E-state index contributed by atoms with van der Waals surface area (Å²) in [6.07, 6.45) is 2.99. The van der Waals surface area contributed by atoms with E-state index in [1.807, 2.05) is 66.7 Å². The number of imidazole rings is 1. The summed E-state index contributed by atoms with van der Waals surface area (Å²) >= 11 is 1.74. The largest absolute Gasteiger partial charge is 0.456 e. The highest BCUT2D eigenvalue weighted by molar-refractivity contribution is 7.98. The molecule has 5 aromatic rings. The predicted molar refractivity (Wildman–Crippen MR) is 141 cm³/mol. The van der Waals surface area contributed by atoms with E-state index in [4.69, 9.17) is 18.9 Å². The summed E-state index contributed by atoms with van der Waals surface area (Å²) < 4.78 is 17.4. The van der Waals surface area contributed by atoms with Crippen LogP contribution in [-0.2, 0) is 11.2 Å². The van der Waals surface area contributed by atoms with Gasteiger partial charge in [0.15, 0.2) is 11.5 Å². The van der Waals surface area contributed by atoms with E-state index in [1.54, 1.807) is 11.8 Å². The lowest BCUT2D eigenvalue weighted by molar-refractivity contribution is -0.121. The number of hydrogen-bond acceptors (Lipinski definition) is 6. The van der Waals surface area contributed by atoms with Gasteiger partial charge in [-0.05, 0) is 36.6 Å². The molecule has 0 fully saturated rings. The number of nitrogens with zero attached hydrogens (tertiary/aromatic N) is 1. The Hall–Kier alpha value is -3.91. The Morgan fingerprint density at radius 3 is 2.67 bits per heavy atom. The highest BCUT2D eigenvalue weighted by Gasteiger charge is 2.25. The summed E-state index contributed by atoms with van der Waals surface area (Å²) in [6.45, 7) is 0.178. The first-order valence-corrected chi connectivity index (χ1v) is 13.2. The molecule has 0 aliphatic carbocycles. The molecule has 36 heavy (non-hydrogen) atoms. The number of carbonyl (C=O) groups is 1. The molecule has 0 bridgehead atoms. The number of hydrogen-bond donors (Lipinski definition) is 2. The number of H-pyrrole nitrogens is 1. The number of carbonyl (C=O) groups excluding carboxylic acids is 1. The average Bonchev–Trinajstić information content (AvgIpc) is 3.62. The monoisotopic (exact) mass is 499 g/mol. The van der Waals surface area contributed by atoms with Crippen molar-refractivity contribution in [3.8, 4) is 22.8 Å². The van der Waals surface area contributed by atoms with Crippen LogP contribution in [0, 0.1) is 0 Å². The van der Waals surface area contributed by atoms with Crippen LogP contribution in [0.5, 0.6) is 11.5 Å². The molecular formula is C28H25N3O4S. The lowest BCUT2D eigenvalue weighted by atomic mass is 10.0. The number of amides is 1.